The molecule has 1 aromatic rings. The number of rotatable bonds is 3. The Labute approximate surface area is 105 Å². The average Bonchev–Trinajstić information content (AvgIpc) is 2.74. The van der Waals surface area contributed by atoms with Crippen LogP contribution in [0.25, 0.3) is 0 Å². The molecule has 0 saturated heterocycles. The number of amides is 1. The van der Waals surface area contributed by atoms with Crippen molar-refractivity contribution in [3.05, 3.63) is 23.1 Å². The van der Waals surface area contributed by atoms with Crippen molar-refractivity contribution in [2.75, 3.05) is 6.54 Å². The van der Waals surface area contributed by atoms with Crippen LogP contribution in [-0.2, 0) is 0 Å². The van der Waals surface area contributed by atoms with E-state index in [9.17, 15) is 4.79 Å². The topological polar surface area (TPSA) is 68.3 Å². The maximum Gasteiger partial charge on any atom is 0.287 e. The smallest absolute Gasteiger partial charge is 0.287 e. The molecule has 1 aromatic heterocycles. The zero-order valence-electron chi connectivity index (χ0n) is 9.67. The van der Waals surface area contributed by atoms with Gasteiger partial charge in [0.2, 0.25) is 0 Å². The minimum atomic E-state index is -0.260. The second-order valence-corrected chi connectivity index (χ2v) is 5.08. The SMILES string of the molecule is NC1(CNC(=O)c2ccc(Cl)o2)CCCCC1. The Morgan fingerprint density at radius 3 is 2.71 bits per heavy atom. The third-order valence-electron chi connectivity index (χ3n) is 3.25. The predicted octanol–water partition coefficient (Wildman–Crippen LogP) is 2.32. The van der Waals surface area contributed by atoms with Crippen LogP contribution in [0.15, 0.2) is 16.5 Å². The van der Waals surface area contributed by atoms with Gasteiger partial charge in [-0.1, -0.05) is 19.3 Å². The van der Waals surface area contributed by atoms with Gasteiger partial charge in [0.15, 0.2) is 11.0 Å². The standard InChI is InChI=1S/C12H17ClN2O2/c13-10-5-4-9(17-10)11(16)15-8-12(14)6-2-1-3-7-12/h4-5H,1-3,6-8,14H2,(H,15,16). The summed E-state index contributed by atoms with van der Waals surface area (Å²) in [6.45, 7) is 0.490. The van der Waals surface area contributed by atoms with Crippen molar-refractivity contribution in [1.82, 2.24) is 5.32 Å². The van der Waals surface area contributed by atoms with Gasteiger partial charge in [0, 0.05) is 12.1 Å². The Morgan fingerprint density at radius 2 is 2.12 bits per heavy atom. The third kappa shape index (κ3) is 3.23. The van der Waals surface area contributed by atoms with Crippen LogP contribution in [0.2, 0.25) is 5.22 Å². The first-order valence-corrected chi connectivity index (χ1v) is 6.29. The summed E-state index contributed by atoms with van der Waals surface area (Å²) in [6, 6.07) is 3.11. The normalized spacial score (nSPS) is 18.9. The molecule has 1 fully saturated rings. The Bertz CT molecular complexity index is 397. The number of nitrogens with one attached hydrogen (secondary N) is 1. The van der Waals surface area contributed by atoms with Crippen LogP contribution in [0.3, 0.4) is 0 Å². The van der Waals surface area contributed by atoms with Crippen LogP contribution in [0.1, 0.15) is 42.7 Å². The van der Waals surface area contributed by atoms with E-state index in [4.69, 9.17) is 21.8 Å². The highest BCUT2D eigenvalue weighted by Crippen LogP contribution is 2.25. The van der Waals surface area contributed by atoms with Crippen molar-refractivity contribution in [2.45, 2.75) is 37.6 Å². The number of carbonyl (C=O) groups is 1. The lowest BCUT2D eigenvalue weighted by Crippen LogP contribution is -2.51. The summed E-state index contributed by atoms with van der Waals surface area (Å²) in [4.78, 5) is 11.7. The molecule has 5 heteroatoms. The number of furan rings is 1. The van der Waals surface area contributed by atoms with Gasteiger partial charge in [-0.15, -0.1) is 0 Å². The molecular weight excluding hydrogens is 240 g/mol. The molecular formula is C12H17ClN2O2. The minimum absolute atomic E-state index is 0.218. The van der Waals surface area contributed by atoms with Gasteiger partial charge < -0.3 is 15.5 Å². The summed E-state index contributed by atoms with van der Waals surface area (Å²) in [6.07, 6.45) is 5.44. The fourth-order valence-corrected chi connectivity index (χ4v) is 2.36. The monoisotopic (exact) mass is 256 g/mol. The number of hydrogen-bond donors (Lipinski definition) is 2. The van der Waals surface area contributed by atoms with Crippen molar-refractivity contribution < 1.29 is 9.21 Å². The molecule has 0 bridgehead atoms. The van der Waals surface area contributed by atoms with Crippen molar-refractivity contribution >= 4 is 17.5 Å². The summed E-state index contributed by atoms with van der Waals surface area (Å²) in [5.41, 5.74) is 5.96. The van der Waals surface area contributed by atoms with Gasteiger partial charge in [0.05, 0.1) is 0 Å². The summed E-state index contributed by atoms with van der Waals surface area (Å²) in [7, 11) is 0. The van der Waals surface area contributed by atoms with Gasteiger partial charge in [-0.25, -0.2) is 0 Å². The molecule has 1 amide bonds. The molecule has 1 aliphatic rings. The van der Waals surface area contributed by atoms with Gasteiger partial charge in [0.1, 0.15) is 0 Å². The Balaban J connectivity index is 1.87. The molecule has 4 nitrogen and oxygen atoms in total. The van der Waals surface area contributed by atoms with Crippen LogP contribution >= 0.6 is 11.6 Å². The average molecular weight is 257 g/mol. The first-order chi connectivity index (χ1) is 8.09. The molecule has 94 valence electrons. The molecule has 1 saturated carbocycles. The molecule has 2 rings (SSSR count). The fourth-order valence-electron chi connectivity index (χ4n) is 2.21. The number of hydrogen-bond acceptors (Lipinski definition) is 3. The molecule has 0 spiro atoms. The minimum Gasteiger partial charge on any atom is -0.440 e. The van der Waals surface area contributed by atoms with E-state index in [1.54, 1.807) is 12.1 Å². The summed E-state index contributed by atoms with van der Waals surface area (Å²) in [5.74, 6) is -0.0262. The molecule has 1 heterocycles. The Hall–Kier alpha value is -1.00. The van der Waals surface area contributed by atoms with Crippen LogP contribution in [0, 0.1) is 0 Å². The first kappa shape index (κ1) is 12.5. The highest BCUT2D eigenvalue weighted by Gasteiger charge is 2.28. The van der Waals surface area contributed by atoms with Crippen LogP contribution < -0.4 is 11.1 Å². The zero-order valence-corrected chi connectivity index (χ0v) is 10.4. The van der Waals surface area contributed by atoms with Gasteiger partial charge in [-0.2, -0.15) is 0 Å². The first-order valence-electron chi connectivity index (χ1n) is 5.91. The number of halogens is 1. The summed E-state index contributed by atoms with van der Waals surface area (Å²) in [5, 5.41) is 3.02. The van der Waals surface area contributed by atoms with E-state index in [1.165, 1.54) is 6.42 Å². The Kier molecular flexibility index (Phi) is 3.74. The van der Waals surface area contributed by atoms with Gasteiger partial charge in [-0.3, -0.25) is 4.79 Å². The van der Waals surface area contributed by atoms with E-state index in [0.29, 0.717) is 6.54 Å². The largest absolute Gasteiger partial charge is 0.440 e. The van der Waals surface area contributed by atoms with E-state index in [0.717, 1.165) is 25.7 Å². The van der Waals surface area contributed by atoms with Crippen molar-refractivity contribution in [3.63, 3.8) is 0 Å². The lowest BCUT2D eigenvalue weighted by molar-refractivity contribution is 0.0910. The second-order valence-electron chi connectivity index (χ2n) is 4.71. The van der Waals surface area contributed by atoms with Crippen molar-refractivity contribution in [3.8, 4) is 0 Å². The second kappa shape index (κ2) is 5.10. The highest BCUT2D eigenvalue weighted by atomic mass is 35.5. The highest BCUT2D eigenvalue weighted by molar-refractivity contribution is 6.29. The molecule has 0 radical (unpaired) electrons. The molecule has 0 aromatic carbocycles. The predicted molar refractivity (Wildman–Crippen MR) is 66.1 cm³/mol. The molecule has 1 aliphatic carbocycles. The maximum absolute atomic E-state index is 11.7. The molecule has 3 N–H and O–H groups in total. The van der Waals surface area contributed by atoms with Crippen molar-refractivity contribution in [1.29, 1.82) is 0 Å². The van der Waals surface area contributed by atoms with E-state index in [-0.39, 0.29) is 22.4 Å². The van der Waals surface area contributed by atoms with Gasteiger partial charge >= 0.3 is 0 Å². The van der Waals surface area contributed by atoms with E-state index in [2.05, 4.69) is 5.32 Å². The molecule has 17 heavy (non-hydrogen) atoms. The number of carbonyl (C=O) groups excluding carboxylic acids is 1. The molecule has 0 unspecified atom stereocenters. The van der Waals surface area contributed by atoms with Crippen LogP contribution in [0.5, 0.6) is 0 Å². The van der Waals surface area contributed by atoms with E-state index < -0.39 is 0 Å². The lowest BCUT2D eigenvalue weighted by atomic mass is 9.82. The fraction of sp³-hybridized carbons (Fsp3) is 0.583. The molecule has 0 aliphatic heterocycles. The Morgan fingerprint density at radius 1 is 1.41 bits per heavy atom. The quantitative estimate of drug-likeness (QED) is 0.872. The van der Waals surface area contributed by atoms with E-state index in [1.807, 2.05) is 0 Å². The lowest BCUT2D eigenvalue weighted by Gasteiger charge is -2.33. The van der Waals surface area contributed by atoms with Crippen LogP contribution in [0.4, 0.5) is 0 Å². The maximum atomic E-state index is 11.7. The van der Waals surface area contributed by atoms with Gasteiger partial charge in [-0.05, 0) is 36.6 Å². The summed E-state index contributed by atoms with van der Waals surface area (Å²) < 4.78 is 5.03. The summed E-state index contributed by atoms with van der Waals surface area (Å²) >= 11 is 5.61. The number of nitrogens with two attached hydrogens (primary N) is 1. The third-order valence-corrected chi connectivity index (χ3v) is 3.45. The zero-order chi connectivity index (χ0) is 12.3. The van der Waals surface area contributed by atoms with Gasteiger partial charge in [0.25, 0.3) is 5.91 Å². The van der Waals surface area contributed by atoms with Crippen LogP contribution in [-0.4, -0.2) is 18.0 Å². The van der Waals surface area contributed by atoms with E-state index >= 15 is 0 Å². The van der Waals surface area contributed by atoms with Crippen molar-refractivity contribution in [2.24, 2.45) is 5.73 Å². The molecule has 0 atom stereocenters.